The molecule has 35 heavy (non-hydrogen) atoms. The van der Waals surface area contributed by atoms with Crippen molar-refractivity contribution in [2.24, 2.45) is 0 Å². The van der Waals surface area contributed by atoms with E-state index in [-0.39, 0.29) is 5.91 Å². The molecule has 0 atom stereocenters. The van der Waals surface area contributed by atoms with Crippen molar-refractivity contribution in [2.45, 2.75) is 39.7 Å². The van der Waals surface area contributed by atoms with Crippen LogP contribution in [0.4, 0.5) is 0 Å². The number of rotatable bonds is 11. The molecule has 0 aliphatic rings. The summed E-state index contributed by atoms with van der Waals surface area (Å²) in [4.78, 5) is 17.4. The number of hydrogen-bond donors (Lipinski definition) is 1. The molecule has 0 saturated carbocycles. The number of nitrogens with zero attached hydrogens (tertiary/aromatic N) is 2. The van der Waals surface area contributed by atoms with E-state index in [1.54, 1.807) is 19.2 Å². The summed E-state index contributed by atoms with van der Waals surface area (Å²) in [7, 11) is 1.57. The summed E-state index contributed by atoms with van der Waals surface area (Å²) in [6, 6.07) is 21.8. The number of fused-ring (bicyclic) bond motifs is 1. The van der Waals surface area contributed by atoms with Gasteiger partial charge in [-0.25, -0.2) is 4.98 Å². The third kappa shape index (κ3) is 6.21. The van der Waals surface area contributed by atoms with Crippen molar-refractivity contribution in [1.29, 1.82) is 0 Å². The highest BCUT2D eigenvalue weighted by atomic mass is 16.5. The molecule has 0 fully saturated rings. The van der Waals surface area contributed by atoms with Crippen molar-refractivity contribution in [1.82, 2.24) is 14.9 Å². The van der Waals surface area contributed by atoms with Crippen molar-refractivity contribution in [3.8, 4) is 11.5 Å². The zero-order valence-electron chi connectivity index (χ0n) is 20.7. The van der Waals surface area contributed by atoms with Gasteiger partial charge in [-0.2, -0.15) is 0 Å². The molecule has 1 heterocycles. The molecule has 1 amide bonds. The average molecular weight is 472 g/mol. The van der Waals surface area contributed by atoms with Crippen LogP contribution in [0.3, 0.4) is 0 Å². The molecule has 0 saturated heterocycles. The van der Waals surface area contributed by atoms with Crippen molar-refractivity contribution >= 4 is 16.9 Å². The minimum absolute atomic E-state index is 0.125. The molecule has 6 nitrogen and oxygen atoms in total. The lowest BCUT2D eigenvalue weighted by molar-refractivity contribution is 0.0950. The molecule has 4 aromatic rings. The first kappa shape index (κ1) is 24.3. The monoisotopic (exact) mass is 471 g/mol. The number of carbonyl (C=O) groups excluding carboxylic acids is 1. The van der Waals surface area contributed by atoms with E-state index in [9.17, 15) is 4.79 Å². The Morgan fingerprint density at radius 3 is 2.51 bits per heavy atom. The molecule has 4 rings (SSSR count). The topological polar surface area (TPSA) is 65.4 Å². The molecule has 0 radical (unpaired) electrons. The van der Waals surface area contributed by atoms with Gasteiger partial charge in [0.1, 0.15) is 17.3 Å². The number of carbonyl (C=O) groups is 1. The number of benzene rings is 3. The molecular formula is C29H33N3O3. The van der Waals surface area contributed by atoms with Gasteiger partial charge in [-0.05, 0) is 74.2 Å². The number of ether oxygens (including phenoxy) is 2. The van der Waals surface area contributed by atoms with Crippen molar-refractivity contribution in [3.63, 3.8) is 0 Å². The Kier molecular flexibility index (Phi) is 8.03. The summed E-state index contributed by atoms with van der Waals surface area (Å²) in [6.45, 7) is 6.21. The van der Waals surface area contributed by atoms with Crippen LogP contribution >= 0.6 is 0 Å². The SMILES string of the molecule is COc1ccccc1C(=O)NCCCc1nc2ccccc2n1CCCOc1cc(C)cc(C)c1. The molecule has 0 unspecified atom stereocenters. The van der Waals surface area contributed by atoms with Crippen LogP contribution in [0, 0.1) is 13.8 Å². The maximum atomic E-state index is 12.6. The van der Waals surface area contributed by atoms with Gasteiger partial charge in [-0.1, -0.05) is 30.3 Å². The first-order valence-corrected chi connectivity index (χ1v) is 12.1. The number of methoxy groups -OCH3 is 1. The van der Waals surface area contributed by atoms with E-state index in [0.29, 0.717) is 24.5 Å². The number of amides is 1. The lowest BCUT2D eigenvalue weighted by Gasteiger charge is -2.12. The average Bonchev–Trinajstić information content (AvgIpc) is 3.21. The summed E-state index contributed by atoms with van der Waals surface area (Å²) in [5, 5.41) is 3.00. The van der Waals surface area contributed by atoms with Gasteiger partial charge in [0.15, 0.2) is 0 Å². The van der Waals surface area contributed by atoms with Gasteiger partial charge in [-0.3, -0.25) is 4.79 Å². The van der Waals surface area contributed by atoms with Crippen molar-refractivity contribution in [3.05, 3.63) is 89.2 Å². The number of hydrogen-bond acceptors (Lipinski definition) is 4. The number of nitrogens with one attached hydrogen (secondary N) is 1. The van der Waals surface area contributed by atoms with Gasteiger partial charge in [0.25, 0.3) is 5.91 Å². The Balaban J connectivity index is 1.34. The minimum atomic E-state index is -0.125. The molecule has 1 N–H and O–H groups in total. The highest BCUT2D eigenvalue weighted by Crippen LogP contribution is 2.20. The number of imidazole rings is 1. The van der Waals surface area contributed by atoms with Gasteiger partial charge in [-0.15, -0.1) is 0 Å². The molecular weight excluding hydrogens is 438 g/mol. The zero-order chi connectivity index (χ0) is 24.6. The predicted molar refractivity (Wildman–Crippen MR) is 139 cm³/mol. The molecule has 182 valence electrons. The Labute approximate surface area is 206 Å². The van der Waals surface area contributed by atoms with Crippen molar-refractivity contribution in [2.75, 3.05) is 20.3 Å². The maximum absolute atomic E-state index is 12.6. The molecule has 0 aliphatic heterocycles. The van der Waals surface area contributed by atoms with E-state index in [1.165, 1.54) is 11.1 Å². The summed E-state index contributed by atoms with van der Waals surface area (Å²) in [5.41, 5.74) is 5.09. The van der Waals surface area contributed by atoms with E-state index < -0.39 is 0 Å². The second kappa shape index (κ2) is 11.6. The lowest BCUT2D eigenvalue weighted by Crippen LogP contribution is -2.25. The molecule has 1 aromatic heterocycles. The summed E-state index contributed by atoms with van der Waals surface area (Å²) in [6.07, 6.45) is 2.45. The Bertz CT molecular complexity index is 1280. The van der Waals surface area contributed by atoms with Crippen LogP contribution < -0.4 is 14.8 Å². The number of aromatic nitrogens is 2. The largest absolute Gasteiger partial charge is 0.496 e. The molecule has 0 spiro atoms. The zero-order valence-corrected chi connectivity index (χ0v) is 20.7. The first-order chi connectivity index (χ1) is 17.0. The molecule has 0 aliphatic carbocycles. The quantitative estimate of drug-likeness (QED) is 0.294. The van der Waals surface area contributed by atoms with Crippen LogP contribution in [-0.4, -0.2) is 35.7 Å². The standard InChI is InChI=1S/C29H33N3O3/c1-21-18-22(2)20-23(19-21)35-17-9-16-32-26-12-6-5-11-25(26)31-28(32)14-8-15-30-29(33)24-10-4-7-13-27(24)34-3/h4-7,10-13,18-20H,8-9,14-17H2,1-3H3,(H,30,33). The van der Waals surface area contributed by atoms with Gasteiger partial charge in [0, 0.05) is 19.5 Å². The normalized spacial score (nSPS) is 10.9. The summed E-state index contributed by atoms with van der Waals surface area (Å²) < 4.78 is 13.6. The summed E-state index contributed by atoms with van der Waals surface area (Å²) >= 11 is 0. The second-order valence-electron chi connectivity index (χ2n) is 8.75. The van der Waals surface area contributed by atoms with Crippen LogP contribution in [0.1, 0.15) is 40.2 Å². The lowest BCUT2D eigenvalue weighted by atomic mass is 10.1. The Morgan fingerprint density at radius 1 is 0.971 bits per heavy atom. The van der Waals surface area contributed by atoms with E-state index in [1.807, 2.05) is 30.3 Å². The fourth-order valence-corrected chi connectivity index (χ4v) is 4.37. The van der Waals surface area contributed by atoms with Gasteiger partial charge in [0.2, 0.25) is 0 Å². The Morgan fingerprint density at radius 2 is 1.71 bits per heavy atom. The maximum Gasteiger partial charge on any atom is 0.255 e. The van der Waals surface area contributed by atoms with Crippen LogP contribution in [0.15, 0.2) is 66.7 Å². The smallest absolute Gasteiger partial charge is 0.255 e. The van der Waals surface area contributed by atoms with Crippen LogP contribution in [0.5, 0.6) is 11.5 Å². The van der Waals surface area contributed by atoms with E-state index in [0.717, 1.165) is 48.4 Å². The van der Waals surface area contributed by atoms with E-state index >= 15 is 0 Å². The first-order valence-electron chi connectivity index (χ1n) is 12.1. The van der Waals surface area contributed by atoms with Crippen molar-refractivity contribution < 1.29 is 14.3 Å². The highest BCUT2D eigenvalue weighted by molar-refractivity contribution is 5.96. The Hall–Kier alpha value is -3.80. The number of para-hydroxylation sites is 3. The summed E-state index contributed by atoms with van der Waals surface area (Å²) in [5.74, 6) is 2.41. The minimum Gasteiger partial charge on any atom is -0.496 e. The van der Waals surface area contributed by atoms with Crippen LogP contribution in [-0.2, 0) is 13.0 Å². The van der Waals surface area contributed by atoms with Gasteiger partial charge in [0.05, 0.1) is 30.3 Å². The van der Waals surface area contributed by atoms with E-state index in [4.69, 9.17) is 14.5 Å². The number of aryl methyl sites for hydroxylation is 4. The second-order valence-corrected chi connectivity index (χ2v) is 8.75. The molecule has 0 bridgehead atoms. The third-order valence-corrected chi connectivity index (χ3v) is 5.94. The van der Waals surface area contributed by atoms with Crippen LogP contribution in [0.2, 0.25) is 0 Å². The third-order valence-electron chi connectivity index (χ3n) is 5.94. The fraction of sp³-hybridized carbons (Fsp3) is 0.310. The van der Waals surface area contributed by atoms with Gasteiger partial charge < -0.3 is 19.4 Å². The van der Waals surface area contributed by atoms with E-state index in [2.05, 4.69) is 48.0 Å². The highest BCUT2D eigenvalue weighted by Gasteiger charge is 2.13. The fourth-order valence-electron chi connectivity index (χ4n) is 4.37. The molecule has 6 heteroatoms. The van der Waals surface area contributed by atoms with Gasteiger partial charge >= 0.3 is 0 Å². The predicted octanol–water partition coefficient (Wildman–Crippen LogP) is 5.49. The molecule has 3 aromatic carbocycles. The van der Waals surface area contributed by atoms with Crippen LogP contribution in [0.25, 0.3) is 11.0 Å².